The third kappa shape index (κ3) is 3.30. The molecule has 148 valence electrons. The van der Waals surface area contributed by atoms with Gasteiger partial charge in [-0.2, -0.15) is 5.10 Å². The lowest BCUT2D eigenvalue weighted by Gasteiger charge is -2.50. The molecule has 0 saturated carbocycles. The number of aromatic nitrogens is 2. The summed E-state index contributed by atoms with van der Waals surface area (Å²) in [5.74, 6) is -0.0774. The number of benzene rings is 1. The lowest BCUT2D eigenvalue weighted by molar-refractivity contribution is -0.130. The summed E-state index contributed by atoms with van der Waals surface area (Å²) in [5, 5.41) is 7.14. The number of aryl methyl sites for hydroxylation is 1. The van der Waals surface area contributed by atoms with E-state index in [9.17, 15) is 9.59 Å². The van der Waals surface area contributed by atoms with Crippen molar-refractivity contribution in [2.24, 2.45) is 11.3 Å². The molecule has 7 heteroatoms. The Balaban J connectivity index is 1.46. The minimum Gasteiger partial charge on any atom is -0.359 e. The molecule has 1 spiro atoms. The van der Waals surface area contributed by atoms with Crippen molar-refractivity contribution in [2.75, 3.05) is 33.2 Å². The third-order valence-electron chi connectivity index (χ3n) is 6.01. The Hall–Kier alpha value is -2.67. The van der Waals surface area contributed by atoms with E-state index >= 15 is 0 Å². The number of hydrogen-bond acceptors (Lipinski definition) is 4. The van der Waals surface area contributed by atoms with Crippen molar-refractivity contribution >= 4 is 11.8 Å². The number of nitrogens with one attached hydrogen (secondary N) is 1. The second-order valence-corrected chi connectivity index (χ2v) is 7.90. The number of nitrogens with zero attached hydrogens (tertiary/aromatic N) is 4. The van der Waals surface area contributed by atoms with Gasteiger partial charge in [0.2, 0.25) is 5.91 Å². The summed E-state index contributed by atoms with van der Waals surface area (Å²) >= 11 is 0. The Kier molecular flexibility index (Phi) is 4.93. The fourth-order valence-corrected chi connectivity index (χ4v) is 4.56. The number of rotatable bonds is 5. The fraction of sp³-hybridized carbons (Fsp3) is 0.476. The molecule has 4 rings (SSSR count). The van der Waals surface area contributed by atoms with Gasteiger partial charge in [0.25, 0.3) is 5.91 Å². The first-order valence-corrected chi connectivity index (χ1v) is 9.85. The van der Waals surface area contributed by atoms with E-state index in [0.29, 0.717) is 18.8 Å². The molecule has 2 aliphatic heterocycles. The molecule has 1 aromatic carbocycles. The lowest BCUT2D eigenvalue weighted by atomic mass is 9.71. The van der Waals surface area contributed by atoms with Crippen molar-refractivity contribution < 1.29 is 9.59 Å². The van der Waals surface area contributed by atoms with Crippen LogP contribution in [0.1, 0.15) is 23.0 Å². The first kappa shape index (κ1) is 18.7. The van der Waals surface area contributed by atoms with Gasteiger partial charge >= 0.3 is 0 Å². The molecule has 1 aromatic heterocycles. The molecule has 2 saturated heterocycles. The molecule has 1 unspecified atom stereocenters. The van der Waals surface area contributed by atoms with Gasteiger partial charge in [-0.25, -0.2) is 0 Å². The van der Waals surface area contributed by atoms with Crippen molar-refractivity contribution in [2.45, 2.75) is 20.0 Å². The normalized spacial score (nSPS) is 20.9. The molecule has 2 fully saturated rings. The lowest BCUT2D eigenvalue weighted by Crippen LogP contribution is -2.64. The van der Waals surface area contributed by atoms with Crippen molar-refractivity contribution in [3.63, 3.8) is 0 Å². The van der Waals surface area contributed by atoms with Gasteiger partial charge in [0, 0.05) is 57.9 Å². The van der Waals surface area contributed by atoms with Crippen LogP contribution in [0.4, 0.5) is 0 Å². The average Bonchev–Trinajstić information content (AvgIpc) is 3.31. The maximum atomic E-state index is 12.8. The maximum absolute atomic E-state index is 12.8. The first-order valence-electron chi connectivity index (χ1n) is 9.85. The highest BCUT2D eigenvalue weighted by Gasteiger charge is 2.57. The van der Waals surface area contributed by atoms with Gasteiger partial charge in [0.15, 0.2) is 0 Å². The van der Waals surface area contributed by atoms with Crippen molar-refractivity contribution in [3.05, 3.63) is 53.9 Å². The molecule has 2 amide bonds. The van der Waals surface area contributed by atoms with Crippen LogP contribution in [-0.2, 0) is 17.9 Å². The van der Waals surface area contributed by atoms with E-state index in [-0.39, 0.29) is 23.1 Å². The molecule has 0 radical (unpaired) electrons. The van der Waals surface area contributed by atoms with Crippen LogP contribution in [0.3, 0.4) is 0 Å². The summed E-state index contributed by atoms with van der Waals surface area (Å²) in [7, 11) is 1.69. The Morgan fingerprint density at radius 2 is 1.93 bits per heavy atom. The number of carbonyl (C=O) groups is 2. The van der Waals surface area contributed by atoms with Gasteiger partial charge in [0.05, 0.1) is 5.92 Å². The van der Waals surface area contributed by atoms with E-state index in [4.69, 9.17) is 0 Å². The summed E-state index contributed by atoms with van der Waals surface area (Å²) in [4.78, 5) is 29.5. The van der Waals surface area contributed by atoms with Gasteiger partial charge in [0.1, 0.15) is 5.69 Å². The Morgan fingerprint density at radius 3 is 2.57 bits per heavy atom. The van der Waals surface area contributed by atoms with Crippen LogP contribution in [0.15, 0.2) is 42.6 Å². The van der Waals surface area contributed by atoms with Gasteiger partial charge in [-0.05, 0) is 18.6 Å². The second kappa shape index (κ2) is 7.39. The van der Waals surface area contributed by atoms with E-state index < -0.39 is 0 Å². The predicted molar refractivity (Wildman–Crippen MR) is 106 cm³/mol. The number of amides is 2. The minimum atomic E-state index is -0.169. The molecular weight excluding hydrogens is 354 g/mol. The van der Waals surface area contributed by atoms with Crippen molar-refractivity contribution in [1.82, 2.24) is 24.9 Å². The molecule has 2 aliphatic rings. The molecular formula is C21H27N5O2. The fourth-order valence-electron chi connectivity index (χ4n) is 4.56. The van der Waals surface area contributed by atoms with Crippen LogP contribution in [-0.4, -0.2) is 64.6 Å². The van der Waals surface area contributed by atoms with E-state index in [1.807, 2.05) is 36.2 Å². The third-order valence-corrected chi connectivity index (χ3v) is 6.01. The molecule has 1 N–H and O–H groups in total. The average molecular weight is 381 g/mol. The summed E-state index contributed by atoms with van der Waals surface area (Å²) in [5.41, 5.74) is 1.55. The quantitative estimate of drug-likeness (QED) is 0.846. The highest BCUT2D eigenvalue weighted by Crippen LogP contribution is 2.44. The van der Waals surface area contributed by atoms with Gasteiger partial charge in [-0.3, -0.25) is 19.2 Å². The van der Waals surface area contributed by atoms with Crippen LogP contribution in [0.2, 0.25) is 0 Å². The number of hydrogen-bond donors (Lipinski definition) is 1. The predicted octanol–water partition coefficient (Wildman–Crippen LogP) is 1.22. The minimum absolute atomic E-state index is 0.0463. The van der Waals surface area contributed by atoms with E-state index in [1.54, 1.807) is 17.8 Å². The molecule has 0 bridgehead atoms. The Morgan fingerprint density at radius 1 is 1.18 bits per heavy atom. The van der Waals surface area contributed by atoms with Crippen LogP contribution in [0.5, 0.6) is 0 Å². The number of carbonyl (C=O) groups excluding carboxylic acids is 2. The Labute approximate surface area is 165 Å². The highest BCUT2D eigenvalue weighted by molar-refractivity contribution is 5.93. The zero-order chi connectivity index (χ0) is 19.7. The summed E-state index contributed by atoms with van der Waals surface area (Å²) < 4.78 is 1.76. The monoisotopic (exact) mass is 381 g/mol. The first-order chi connectivity index (χ1) is 13.5. The largest absolute Gasteiger partial charge is 0.359 e. The summed E-state index contributed by atoms with van der Waals surface area (Å²) in [6, 6.07) is 12.1. The van der Waals surface area contributed by atoms with Crippen LogP contribution >= 0.6 is 0 Å². The zero-order valence-electron chi connectivity index (χ0n) is 16.5. The second-order valence-electron chi connectivity index (χ2n) is 7.90. The number of likely N-dealkylation sites (tertiary alicyclic amines) is 2. The molecule has 0 aliphatic carbocycles. The topological polar surface area (TPSA) is 70.5 Å². The molecule has 1 atom stereocenters. The molecule has 28 heavy (non-hydrogen) atoms. The molecule has 3 heterocycles. The van der Waals surface area contributed by atoms with Crippen molar-refractivity contribution in [3.8, 4) is 0 Å². The van der Waals surface area contributed by atoms with E-state index in [0.717, 1.165) is 26.2 Å². The van der Waals surface area contributed by atoms with Crippen molar-refractivity contribution in [1.29, 1.82) is 0 Å². The zero-order valence-corrected chi connectivity index (χ0v) is 16.5. The van der Waals surface area contributed by atoms with Crippen LogP contribution < -0.4 is 5.32 Å². The van der Waals surface area contributed by atoms with E-state index in [1.165, 1.54) is 5.56 Å². The molecule has 7 nitrogen and oxygen atoms in total. The van der Waals surface area contributed by atoms with Crippen LogP contribution in [0, 0.1) is 11.3 Å². The molecule has 2 aromatic rings. The van der Waals surface area contributed by atoms with Gasteiger partial charge in [-0.1, -0.05) is 30.3 Å². The maximum Gasteiger partial charge on any atom is 0.274 e. The standard InChI is InChI=1S/C21H27N5O2/c1-3-26-10-9-18(23-26)20(28)25-14-21(15-25)13-24(12-17(21)19(27)22-2)11-16-7-5-4-6-8-16/h4-10,17H,3,11-15H2,1-2H3,(H,22,27). The highest BCUT2D eigenvalue weighted by atomic mass is 16.2. The summed E-state index contributed by atoms with van der Waals surface area (Å²) in [6.45, 7) is 6.32. The van der Waals surface area contributed by atoms with Gasteiger partial charge < -0.3 is 10.2 Å². The summed E-state index contributed by atoms with van der Waals surface area (Å²) in [6.07, 6.45) is 1.83. The Bertz CT molecular complexity index is 857. The SMILES string of the molecule is CCn1ccc(C(=O)N2CC3(CN(Cc4ccccc4)CC3C(=O)NC)C2)n1. The smallest absolute Gasteiger partial charge is 0.274 e. The van der Waals surface area contributed by atoms with Gasteiger partial charge in [-0.15, -0.1) is 0 Å². The van der Waals surface area contributed by atoms with E-state index in [2.05, 4.69) is 27.4 Å². The van der Waals surface area contributed by atoms with Crippen LogP contribution in [0.25, 0.3) is 0 Å².